The van der Waals surface area contributed by atoms with Crippen molar-refractivity contribution in [1.82, 2.24) is 9.78 Å². The summed E-state index contributed by atoms with van der Waals surface area (Å²) in [5.74, 6) is -0.456. The molecule has 0 unspecified atom stereocenters. The van der Waals surface area contributed by atoms with E-state index in [0.29, 0.717) is 15.9 Å². The van der Waals surface area contributed by atoms with Gasteiger partial charge in [0.1, 0.15) is 4.60 Å². The second-order valence-electron chi connectivity index (χ2n) is 2.24. The third-order valence-corrected chi connectivity index (χ3v) is 2.31. The summed E-state index contributed by atoms with van der Waals surface area (Å²) in [4.78, 5) is 10.8. The number of carbonyl (C=O) groups excluding carboxylic acids is 1. The first kappa shape index (κ1) is 8.26. The number of amides is 1. The van der Waals surface area contributed by atoms with Crippen molar-refractivity contribution in [3.63, 3.8) is 0 Å². The maximum Gasteiger partial charge on any atom is 0.253 e. The van der Waals surface area contributed by atoms with E-state index in [1.54, 1.807) is 18.7 Å². The molecule has 1 heterocycles. The Balaban J connectivity index is 3.34. The fourth-order valence-corrected chi connectivity index (χ4v) is 1.47. The number of rotatable bonds is 1. The van der Waals surface area contributed by atoms with E-state index in [9.17, 15) is 4.79 Å². The maximum atomic E-state index is 10.8. The number of hydrogen-bond acceptors (Lipinski definition) is 2. The first-order valence-corrected chi connectivity index (χ1v) is 3.82. The van der Waals surface area contributed by atoms with Gasteiger partial charge in [-0.1, -0.05) is 0 Å². The summed E-state index contributed by atoms with van der Waals surface area (Å²) in [6, 6.07) is 0. The number of hydrogen-bond donors (Lipinski definition) is 1. The molecule has 0 atom stereocenters. The van der Waals surface area contributed by atoms with Crippen molar-refractivity contribution in [3.05, 3.63) is 15.9 Å². The lowest BCUT2D eigenvalue weighted by molar-refractivity contribution is 0.0999. The van der Waals surface area contributed by atoms with Crippen LogP contribution in [-0.2, 0) is 7.05 Å². The zero-order valence-electron chi connectivity index (χ0n) is 6.26. The van der Waals surface area contributed by atoms with E-state index in [-0.39, 0.29) is 0 Å². The highest BCUT2D eigenvalue weighted by Crippen LogP contribution is 2.17. The molecule has 1 amide bonds. The standard InChI is InChI=1S/C6H8BrN3O/c1-3-4(6(8)11)5(7)10(2)9-3/h1-2H3,(H2,8,11). The van der Waals surface area contributed by atoms with Gasteiger partial charge in [-0.2, -0.15) is 5.10 Å². The minimum absolute atomic E-state index is 0.451. The summed E-state index contributed by atoms with van der Waals surface area (Å²) in [6.07, 6.45) is 0. The Morgan fingerprint density at radius 1 is 1.73 bits per heavy atom. The third kappa shape index (κ3) is 1.28. The van der Waals surface area contributed by atoms with Crippen LogP contribution in [0.25, 0.3) is 0 Å². The van der Waals surface area contributed by atoms with Crippen LogP contribution in [0.1, 0.15) is 16.1 Å². The molecule has 0 aromatic carbocycles. The topological polar surface area (TPSA) is 60.9 Å². The monoisotopic (exact) mass is 217 g/mol. The first-order chi connectivity index (χ1) is 5.04. The number of halogens is 1. The fourth-order valence-electron chi connectivity index (χ4n) is 0.910. The SMILES string of the molecule is Cc1nn(C)c(Br)c1C(N)=O. The number of primary amides is 1. The molecular weight excluding hydrogens is 210 g/mol. The molecule has 0 fully saturated rings. The molecule has 0 aliphatic carbocycles. The van der Waals surface area contributed by atoms with Crippen LogP contribution in [0.2, 0.25) is 0 Å². The van der Waals surface area contributed by atoms with Crippen molar-refractivity contribution in [2.45, 2.75) is 6.92 Å². The quantitative estimate of drug-likeness (QED) is 0.749. The van der Waals surface area contributed by atoms with Crippen molar-refractivity contribution in [3.8, 4) is 0 Å². The van der Waals surface area contributed by atoms with E-state index in [2.05, 4.69) is 21.0 Å². The van der Waals surface area contributed by atoms with Crippen molar-refractivity contribution in [1.29, 1.82) is 0 Å². The van der Waals surface area contributed by atoms with Gasteiger partial charge in [0, 0.05) is 7.05 Å². The average Bonchev–Trinajstić information content (AvgIpc) is 2.07. The molecule has 0 aliphatic heterocycles. The van der Waals surface area contributed by atoms with Gasteiger partial charge >= 0.3 is 0 Å². The normalized spacial score (nSPS) is 10.1. The van der Waals surface area contributed by atoms with Crippen LogP contribution >= 0.6 is 15.9 Å². The highest BCUT2D eigenvalue weighted by molar-refractivity contribution is 9.10. The van der Waals surface area contributed by atoms with Gasteiger partial charge in [0.2, 0.25) is 0 Å². The molecule has 2 N–H and O–H groups in total. The predicted molar refractivity (Wildman–Crippen MR) is 44.2 cm³/mol. The molecule has 1 aromatic heterocycles. The van der Waals surface area contributed by atoms with Gasteiger partial charge in [0.25, 0.3) is 5.91 Å². The summed E-state index contributed by atoms with van der Waals surface area (Å²) in [7, 11) is 1.74. The van der Waals surface area contributed by atoms with E-state index in [0.717, 1.165) is 0 Å². The lowest BCUT2D eigenvalue weighted by atomic mass is 10.2. The zero-order chi connectivity index (χ0) is 8.59. The minimum atomic E-state index is -0.456. The molecule has 0 aliphatic rings. The third-order valence-electron chi connectivity index (χ3n) is 1.40. The molecule has 0 bridgehead atoms. The van der Waals surface area contributed by atoms with Crippen LogP contribution < -0.4 is 5.73 Å². The largest absolute Gasteiger partial charge is 0.365 e. The van der Waals surface area contributed by atoms with Gasteiger partial charge in [0.05, 0.1) is 11.3 Å². The van der Waals surface area contributed by atoms with Crippen LogP contribution in [0.3, 0.4) is 0 Å². The van der Waals surface area contributed by atoms with Gasteiger partial charge in [-0.05, 0) is 22.9 Å². The van der Waals surface area contributed by atoms with Crippen molar-refractivity contribution >= 4 is 21.8 Å². The van der Waals surface area contributed by atoms with E-state index in [1.165, 1.54) is 0 Å². The van der Waals surface area contributed by atoms with Gasteiger partial charge in [-0.3, -0.25) is 9.48 Å². The summed E-state index contributed by atoms with van der Waals surface area (Å²) >= 11 is 3.20. The van der Waals surface area contributed by atoms with E-state index in [1.807, 2.05) is 0 Å². The van der Waals surface area contributed by atoms with E-state index >= 15 is 0 Å². The van der Waals surface area contributed by atoms with E-state index < -0.39 is 5.91 Å². The smallest absolute Gasteiger partial charge is 0.253 e. The maximum absolute atomic E-state index is 10.8. The number of aryl methyl sites for hydroxylation is 2. The summed E-state index contributed by atoms with van der Waals surface area (Å²) < 4.78 is 2.19. The Morgan fingerprint density at radius 3 is 2.45 bits per heavy atom. The van der Waals surface area contributed by atoms with Gasteiger partial charge in [-0.25, -0.2) is 0 Å². The Bertz CT molecular complexity index is 305. The van der Waals surface area contributed by atoms with Crippen LogP contribution in [0.15, 0.2) is 4.60 Å². The Kier molecular flexibility index (Phi) is 1.99. The Morgan fingerprint density at radius 2 is 2.27 bits per heavy atom. The van der Waals surface area contributed by atoms with Crippen LogP contribution in [0.4, 0.5) is 0 Å². The molecule has 1 rings (SSSR count). The van der Waals surface area contributed by atoms with Crippen LogP contribution in [-0.4, -0.2) is 15.7 Å². The van der Waals surface area contributed by atoms with Gasteiger partial charge in [-0.15, -0.1) is 0 Å². The van der Waals surface area contributed by atoms with Crippen molar-refractivity contribution in [2.75, 3.05) is 0 Å². The van der Waals surface area contributed by atoms with Crippen LogP contribution in [0.5, 0.6) is 0 Å². The van der Waals surface area contributed by atoms with Gasteiger partial charge in [0.15, 0.2) is 0 Å². The summed E-state index contributed by atoms with van der Waals surface area (Å²) in [5, 5.41) is 4.00. The van der Waals surface area contributed by atoms with Crippen LogP contribution in [0, 0.1) is 6.92 Å². The average molecular weight is 218 g/mol. The second-order valence-corrected chi connectivity index (χ2v) is 2.99. The van der Waals surface area contributed by atoms with Crippen molar-refractivity contribution in [2.24, 2.45) is 12.8 Å². The summed E-state index contributed by atoms with van der Waals surface area (Å²) in [6.45, 7) is 1.74. The summed E-state index contributed by atoms with van der Waals surface area (Å²) in [5.41, 5.74) is 6.20. The molecule has 4 nitrogen and oxygen atoms in total. The fraction of sp³-hybridized carbons (Fsp3) is 0.333. The Labute approximate surface area is 72.5 Å². The first-order valence-electron chi connectivity index (χ1n) is 3.03. The molecule has 60 valence electrons. The molecule has 0 saturated heterocycles. The predicted octanol–water partition coefficient (Wildman–Crippen LogP) is 0.590. The molecule has 1 aromatic rings. The highest BCUT2D eigenvalue weighted by Gasteiger charge is 2.14. The number of nitrogens with two attached hydrogens (primary N) is 1. The zero-order valence-corrected chi connectivity index (χ0v) is 7.84. The molecule has 0 radical (unpaired) electrons. The van der Waals surface area contributed by atoms with Gasteiger partial charge < -0.3 is 5.73 Å². The molecule has 11 heavy (non-hydrogen) atoms. The Hall–Kier alpha value is -0.840. The van der Waals surface area contributed by atoms with E-state index in [4.69, 9.17) is 5.73 Å². The minimum Gasteiger partial charge on any atom is -0.365 e. The van der Waals surface area contributed by atoms with Crippen molar-refractivity contribution < 1.29 is 4.79 Å². The number of carbonyl (C=O) groups is 1. The lowest BCUT2D eigenvalue weighted by Gasteiger charge is -1.92. The number of nitrogens with zero attached hydrogens (tertiary/aromatic N) is 2. The number of aromatic nitrogens is 2. The molecule has 0 spiro atoms. The second kappa shape index (κ2) is 2.65. The molecule has 5 heteroatoms. The molecule has 0 saturated carbocycles. The molecular formula is C6H8BrN3O. The lowest BCUT2D eigenvalue weighted by Crippen LogP contribution is -2.12. The highest BCUT2D eigenvalue weighted by atomic mass is 79.9.